The van der Waals surface area contributed by atoms with Gasteiger partial charge >= 0.3 is 8.56 Å². The second-order valence-corrected chi connectivity index (χ2v) is 6.05. The molecule has 0 aliphatic rings. The zero-order chi connectivity index (χ0) is 8.74. The SMILES string of the molecule is C=C[Si](CCCS)(OC)OC. The van der Waals surface area contributed by atoms with Gasteiger partial charge in [-0.3, -0.25) is 0 Å². The van der Waals surface area contributed by atoms with E-state index in [-0.39, 0.29) is 0 Å². The molecule has 0 N–H and O–H groups in total. The molecule has 4 heteroatoms. The first-order valence-corrected chi connectivity index (χ1v) is 6.32. The average Bonchev–Trinajstić information content (AvgIpc) is 2.08. The van der Waals surface area contributed by atoms with E-state index in [1.807, 2.05) is 5.70 Å². The second-order valence-electron chi connectivity index (χ2n) is 2.25. The maximum atomic E-state index is 5.30. The van der Waals surface area contributed by atoms with Gasteiger partial charge in [0, 0.05) is 14.2 Å². The summed E-state index contributed by atoms with van der Waals surface area (Å²) < 4.78 is 10.6. The molecule has 0 saturated heterocycles. The molecule has 0 bridgehead atoms. The Morgan fingerprint density at radius 2 is 2.00 bits per heavy atom. The van der Waals surface area contributed by atoms with Gasteiger partial charge in [-0.2, -0.15) is 12.6 Å². The molecular formula is C7H16O2SSi. The predicted molar refractivity (Wildman–Crippen MR) is 53.2 cm³/mol. The van der Waals surface area contributed by atoms with Crippen molar-refractivity contribution in [3.63, 3.8) is 0 Å². The molecule has 0 rings (SSSR count). The smallest absolute Gasteiger partial charge is 0.363 e. The Kier molecular flexibility index (Phi) is 5.94. The third-order valence-corrected chi connectivity index (χ3v) is 5.06. The molecule has 0 amide bonds. The highest BCUT2D eigenvalue weighted by molar-refractivity contribution is 7.80. The normalized spacial score (nSPS) is 11.5. The van der Waals surface area contributed by atoms with Crippen molar-refractivity contribution in [3.05, 3.63) is 12.3 Å². The van der Waals surface area contributed by atoms with Crippen LogP contribution in [0.1, 0.15) is 6.42 Å². The Morgan fingerprint density at radius 3 is 2.27 bits per heavy atom. The summed E-state index contributed by atoms with van der Waals surface area (Å²) in [5, 5.41) is 0. The summed E-state index contributed by atoms with van der Waals surface area (Å²) in [7, 11) is 1.33. The number of hydrogen-bond acceptors (Lipinski definition) is 3. The van der Waals surface area contributed by atoms with Crippen LogP contribution in [0.25, 0.3) is 0 Å². The van der Waals surface area contributed by atoms with E-state index in [0.717, 1.165) is 18.2 Å². The van der Waals surface area contributed by atoms with Crippen molar-refractivity contribution in [1.29, 1.82) is 0 Å². The summed E-state index contributed by atoms with van der Waals surface area (Å²) >= 11 is 4.13. The molecule has 11 heavy (non-hydrogen) atoms. The van der Waals surface area contributed by atoms with E-state index < -0.39 is 8.56 Å². The molecule has 0 aromatic rings. The Bertz CT molecular complexity index is 115. The highest BCUT2D eigenvalue weighted by Crippen LogP contribution is 2.15. The summed E-state index contributed by atoms with van der Waals surface area (Å²) in [6.07, 6.45) is 1.02. The lowest BCUT2D eigenvalue weighted by Crippen LogP contribution is -2.37. The van der Waals surface area contributed by atoms with Gasteiger partial charge in [0.25, 0.3) is 0 Å². The monoisotopic (exact) mass is 192 g/mol. The van der Waals surface area contributed by atoms with Crippen molar-refractivity contribution < 1.29 is 8.85 Å². The summed E-state index contributed by atoms with van der Waals surface area (Å²) in [6.45, 7) is 3.71. The highest BCUT2D eigenvalue weighted by Gasteiger charge is 2.30. The minimum absolute atomic E-state index is 0.870. The number of hydrogen-bond donors (Lipinski definition) is 1. The molecule has 0 aromatic carbocycles. The van der Waals surface area contributed by atoms with Gasteiger partial charge < -0.3 is 8.85 Å². The van der Waals surface area contributed by atoms with E-state index in [1.54, 1.807) is 14.2 Å². The summed E-state index contributed by atoms with van der Waals surface area (Å²) in [5.41, 5.74) is 1.82. The van der Waals surface area contributed by atoms with Crippen LogP contribution in [0, 0.1) is 0 Å². The van der Waals surface area contributed by atoms with Crippen LogP contribution in [0.5, 0.6) is 0 Å². The van der Waals surface area contributed by atoms with Gasteiger partial charge in [0.1, 0.15) is 0 Å². The lowest BCUT2D eigenvalue weighted by molar-refractivity contribution is 0.255. The molecule has 66 valence electrons. The van der Waals surface area contributed by atoms with E-state index in [1.165, 1.54) is 0 Å². The predicted octanol–water partition coefficient (Wildman–Crippen LogP) is 1.77. The van der Waals surface area contributed by atoms with Crippen LogP contribution in [0.15, 0.2) is 12.3 Å². The van der Waals surface area contributed by atoms with Crippen molar-refractivity contribution >= 4 is 21.2 Å². The quantitative estimate of drug-likeness (QED) is 0.511. The highest BCUT2D eigenvalue weighted by atomic mass is 32.1. The van der Waals surface area contributed by atoms with Crippen molar-refractivity contribution in [3.8, 4) is 0 Å². The van der Waals surface area contributed by atoms with E-state index in [4.69, 9.17) is 8.85 Å². The van der Waals surface area contributed by atoms with Crippen LogP contribution < -0.4 is 0 Å². The van der Waals surface area contributed by atoms with Crippen molar-refractivity contribution in [2.45, 2.75) is 12.5 Å². The molecule has 0 aliphatic heterocycles. The molecule has 0 aliphatic carbocycles. The first kappa shape index (κ1) is 11.2. The van der Waals surface area contributed by atoms with Gasteiger partial charge in [0.05, 0.1) is 0 Å². The largest absolute Gasteiger partial charge is 0.395 e. The van der Waals surface area contributed by atoms with Gasteiger partial charge in [0.15, 0.2) is 0 Å². The molecule has 0 radical (unpaired) electrons. The van der Waals surface area contributed by atoms with Gasteiger partial charge in [-0.15, -0.1) is 6.58 Å². The standard InChI is InChI=1S/C7H16O2SSi/c1-4-11(8-2,9-3)7-5-6-10/h4,10H,1,5-7H2,2-3H3. The average molecular weight is 192 g/mol. The van der Waals surface area contributed by atoms with Crippen molar-refractivity contribution in [1.82, 2.24) is 0 Å². The van der Waals surface area contributed by atoms with E-state index in [2.05, 4.69) is 19.2 Å². The summed E-state index contributed by atoms with van der Waals surface area (Å²) in [4.78, 5) is 0. The maximum absolute atomic E-state index is 5.30. The van der Waals surface area contributed by atoms with Crippen molar-refractivity contribution in [2.24, 2.45) is 0 Å². The van der Waals surface area contributed by atoms with Crippen LogP contribution in [-0.2, 0) is 8.85 Å². The van der Waals surface area contributed by atoms with Crippen LogP contribution in [0.4, 0.5) is 0 Å². The Hall–Kier alpha value is 0.227. The van der Waals surface area contributed by atoms with Gasteiger partial charge in [-0.1, -0.05) is 0 Å². The Balaban J connectivity index is 3.94. The molecule has 0 heterocycles. The molecule has 0 aromatic heterocycles. The lowest BCUT2D eigenvalue weighted by Gasteiger charge is -2.22. The Labute approximate surface area is 75.2 Å². The lowest BCUT2D eigenvalue weighted by atomic mass is 10.6. The fourth-order valence-electron chi connectivity index (χ4n) is 0.882. The topological polar surface area (TPSA) is 18.5 Å². The fourth-order valence-corrected chi connectivity index (χ4v) is 3.12. The summed E-state index contributed by atoms with van der Waals surface area (Å²) in [6, 6.07) is 0.938. The van der Waals surface area contributed by atoms with Crippen molar-refractivity contribution in [2.75, 3.05) is 20.0 Å². The summed E-state index contributed by atoms with van der Waals surface area (Å²) in [5.74, 6) is 0.870. The van der Waals surface area contributed by atoms with Crippen LogP contribution in [0.3, 0.4) is 0 Å². The van der Waals surface area contributed by atoms with E-state index >= 15 is 0 Å². The molecule has 0 unspecified atom stereocenters. The minimum Gasteiger partial charge on any atom is -0.395 e. The van der Waals surface area contributed by atoms with Crippen LogP contribution >= 0.6 is 12.6 Å². The zero-order valence-corrected chi connectivity index (χ0v) is 9.06. The third-order valence-electron chi connectivity index (χ3n) is 1.69. The van der Waals surface area contributed by atoms with Crippen LogP contribution in [-0.4, -0.2) is 28.5 Å². The first-order valence-electron chi connectivity index (χ1n) is 3.59. The van der Waals surface area contributed by atoms with Crippen LogP contribution in [0.2, 0.25) is 6.04 Å². The second kappa shape index (κ2) is 5.82. The molecule has 2 nitrogen and oxygen atoms in total. The van der Waals surface area contributed by atoms with E-state index in [9.17, 15) is 0 Å². The molecule has 0 fully saturated rings. The minimum atomic E-state index is -2.02. The maximum Gasteiger partial charge on any atom is 0.363 e. The van der Waals surface area contributed by atoms with Gasteiger partial charge in [0.2, 0.25) is 0 Å². The van der Waals surface area contributed by atoms with Gasteiger partial charge in [-0.25, -0.2) is 0 Å². The molecule has 0 atom stereocenters. The first-order chi connectivity index (χ1) is 5.24. The fraction of sp³-hybridized carbons (Fsp3) is 0.714. The molecular weight excluding hydrogens is 176 g/mol. The number of rotatable bonds is 6. The van der Waals surface area contributed by atoms with E-state index in [0.29, 0.717) is 0 Å². The zero-order valence-electron chi connectivity index (χ0n) is 7.17. The number of thiol groups is 1. The van der Waals surface area contributed by atoms with Gasteiger partial charge in [-0.05, 0) is 23.9 Å². The Morgan fingerprint density at radius 1 is 1.45 bits per heavy atom. The third kappa shape index (κ3) is 3.42. The molecule has 0 spiro atoms. The molecule has 0 saturated carbocycles.